The number of ether oxygens (including phenoxy) is 2. The summed E-state index contributed by atoms with van der Waals surface area (Å²) in [5.41, 5.74) is 1.20. The normalized spacial score (nSPS) is 9.68. The van der Waals surface area contributed by atoms with E-state index in [1.54, 1.807) is 0 Å². The van der Waals surface area contributed by atoms with Gasteiger partial charge in [-0.15, -0.1) is 0 Å². The summed E-state index contributed by atoms with van der Waals surface area (Å²) in [5, 5.41) is 19.2. The number of carboxylic acid groups (broad SMARTS) is 2. The van der Waals surface area contributed by atoms with Gasteiger partial charge in [0.05, 0.1) is 25.5 Å². The van der Waals surface area contributed by atoms with E-state index in [0.29, 0.717) is 6.61 Å². The van der Waals surface area contributed by atoms with Gasteiger partial charge in [-0.05, 0) is 26.0 Å². The van der Waals surface area contributed by atoms with Crippen molar-refractivity contribution in [1.29, 1.82) is 0 Å². The molecule has 1 aromatic carbocycles. The summed E-state index contributed by atoms with van der Waals surface area (Å²) in [5.74, 6) is -2.04. The minimum atomic E-state index is -1.16. The zero-order chi connectivity index (χ0) is 21.5. The Balaban J connectivity index is 0.000000525. The summed E-state index contributed by atoms with van der Waals surface area (Å²) in [6.07, 6.45) is -0.851. The standard InChI is InChI=1S/C11H14O2.C9H13NO5/c1-10(2)8-12-9-13-11-6-4-3-5-7-11;1-5(2)9(15)10-6(3-7(11)12)4-8(13)14/h3-7H,1,8-9H2,2H3;6H,1,3-4H2,2H3,(H,10,15)(H,11,12)(H,13,14). The Bertz CT molecular complexity index is 654. The molecule has 0 unspecified atom stereocenters. The second-order valence-electron chi connectivity index (χ2n) is 6.03. The number of hydrogen-bond donors (Lipinski definition) is 3. The first kappa shape index (κ1) is 24.9. The molecule has 0 bridgehead atoms. The van der Waals surface area contributed by atoms with Gasteiger partial charge in [-0.3, -0.25) is 14.4 Å². The molecule has 1 aromatic rings. The molecule has 8 nitrogen and oxygen atoms in total. The van der Waals surface area contributed by atoms with Gasteiger partial charge in [0.1, 0.15) is 5.75 Å². The van der Waals surface area contributed by atoms with E-state index in [0.717, 1.165) is 11.3 Å². The number of carbonyl (C=O) groups excluding carboxylic acids is 1. The number of carboxylic acids is 2. The van der Waals surface area contributed by atoms with Gasteiger partial charge in [-0.25, -0.2) is 0 Å². The van der Waals surface area contributed by atoms with Crippen LogP contribution in [0.2, 0.25) is 0 Å². The van der Waals surface area contributed by atoms with E-state index in [2.05, 4.69) is 18.5 Å². The van der Waals surface area contributed by atoms with E-state index in [1.807, 2.05) is 37.3 Å². The maximum atomic E-state index is 11.1. The van der Waals surface area contributed by atoms with Crippen molar-refractivity contribution in [2.45, 2.75) is 32.7 Å². The Morgan fingerprint density at radius 3 is 2.00 bits per heavy atom. The zero-order valence-electron chi connectivity index (χ0n) is 16.1. The number of aliphatic carboxylic acids is 2. The first-order valence-electron chi connectivity index (χ1n) is 8.41. The van der Waals surface area contributed by atoms with Crippen molar-refractivity contribution >= 4 is 17.8 Å². The molecule has 0 aliphatic heterocycles. The van der Waals surface area contributed by atoms with Crippen LogP contribution in [-0.2, 0) is 19.1 Å². The minimum absolute atomic E-state index is 0.204. The summed E-state index contributed by atoms with van der Waals surface area (Å²) < 4.78 is 10.5. The lowest BCUT2D eigenvalue weighted by Crippen LogP contribution is -2.38. The highest BCUT2D eigenvalue weighted by Crippen LogP contribution is 2.07. The Labute approximate surface area is 164 Å². The molecule has 0 aromatic heterocycles. The van der Waals surface area contributed by atoms with Crippen LogP contribution >= 0.6 is 0 Å². The summed E-state index contributed by atoms with van der Waals surface area (Å²) >= 11 is 0. The lowest BCUT2D eigenvalue weighted by atomic mass is 10.1. The molecule has 0 aliphatic carbocycles. The Kier molecular flexibility index (Phi) is 12.4. The van der Waals surface area contributed by atoms with Crippen LogP contribution in [0.5, 0.6) is 5.75 Å². The zero-order valence-corrected chi connectivity index (χ0v) is 16.1. The largest absolute Gasteiger partial charge is 0.481 e. The van der Waals surface area contributed by atoms with Crippen LogP contribution in [0, 0.1) is 0 Å². The molecule has 0 fully saturated rings. The van der Waals surface area contributed by atoms with E-state index in [9.17, 15) is 14.4 Å². The lowest BCUT2D eigenvalue weighted by Gasteiger charge is -2.14. The molecular weight excluding hydrogens is 366 g/mol. The molecule has 1 amide bonds. The van der Waals surface area contributed by atoms with Gasteiger partial charge in [0.15, 0.2) is 6.79 Å². The predicted octanol–water partition coefficient (Wildman–Crippen LogP) is 2.61. The Morgan fingerprint density at radius 1 is 1.04 bits per heavy atom. The van der Waals surface area contributed by atoms with E-state index in [1.165, 1.54) is 6.92 Å². The lowest BCUT2D eigenvalue weighted by molar-refractivity contribution is -0.139. The molecule has 0 saturated heterocycles. The SMILES string of the molecule is C=C(C)C(=O)NC(CC(=O)O)CC(=O)O.C=C(C)COCOc1ccccc1. The molecule has 0 aliphatic rings. The summed E-state index contributed by atoms with van der Waals surface area (Å²) in [4.78, 5) is 31.9. The topological polar surface area (TPSA) is 122 Å². The third-order valence-corrected chi connectivity index (χ3v) is 2.97. The van der Waals surface area contributed by atoms with Crippen LogP contribution in [0.3, 0.4) is 0 Å². The predicted molar refractivity (Wildman–Crippen MR) is 104 cm³/mol. The molecule has 3 N–H and O–H groups in total. The molecule has 8 heteroatoms. The molecule has 0 heterocycles. The first-order chi connectivity index (χ1) is 13.1. The number of para-hydroxylation sites is 1. The highest BCUT2D eigenvalue weighted by atomic mass is 16.7. The highest BCUT2D eigenvalue weighted by Gasteiger charge is 2.19. The number of nitrogens with one attached hydrogen (secondary N) is 1. The number of benzene rings is 1. The maximum Gasteiger partial charge on any atom is 0.305 e. The first-order valence-corrected chi connectivity index (χ1v) is 8.41. The van der Waals surface area contributed by atoms with Gasteiger partial charge < -0.3 is 25.0 Å². The van der Waals surface area contributed by atoms with Crippen molar-refractivity contribution in [3.05, 3.63) is 54.6 Å². The van der Waals surface area contributed by atoms with Gasteiger partial charge in [-0.2, -0.15) is 0 Å². The van der Waals surface area contributed by atoms with Crippen LogP contribution in [0.1, 0.15) is 26.7 Å². The van der Waals surface area contributed by atoms with Crippen molar-refractivity contribution < 1.29 is 34.1 Å². The van der Waals surface area contributed by atoms with E-state index in [-0.39, 0.29) is 12.4 Å². The van der Waals surface area contributed by atoms with Gasteiger partial charge in [-0.1, -0.05) is 36.9 Å². The molecule has 28 heavy (non-hydrogen) atoms. The fourth-order valence-electron chi connectivity index (χ4n) is 1.75. The molecule has 0 atom stereocenters. The highest BCUT2D eigenvalue weighted by molar-refractivity contribution is 5.92. The monoisotopic (exact) mass is 393 g/mol. The third-order valence-electron chi connectivity index (χ3n) is 2.97. The van der Waals surface area contributed by atoms with Crippen molar-refractivity contribution in [2.24, 2.45) is 0 Å². The molecular formula is C20H27NO7. The maximum absolute atomic E-state index is 11.1. The molecule has 0 radical (unpaired) electrons. The van der Waals surface area contributed by atoms with Crippen molar-refractivity contribution in [2.75, 3.05) is 13.4 Å². The molecule has 0 saturated carbocycles. The van der Waals surface area contributed by atoms with Gasteiger partial charge in [0, 0.05) is 5.57 Å². The van der Waals surface area contributed by atoms with Crippen LogP contribution in [-0.4, -0.2) is 47.5 Å². The molecule has 154 valence electrons. The number of rotatable bonds is 11. The average Bonchev–Trinajstić information content (AvgIpc) is 2.58. The summed E-state index contributed by atoms with van der Waals surface area (Å²) in [7, 11) is 0. The fraction of sp³-hybridized carbons (Fsp3) is 0.350. The fourth-order valence-corrected chi connectivity index (χ4v) is 1.75. The second-order valence-corrected chi connectivity index (χ2v) is 6.03. The average molecular weight is 393 g/mol. The summed E-state index contributed by atoms with van der Waals surface area (Å²) in [6, 6.07) is 8.67. The van der Waals surface area contributed by atoms with Crippen LogP contribution in [0.4, 0.5) is 0 Å². The quantitative estimate of drug-likeness (QED) is 0.229. The minimum Gasteiger partial charge on any atom is -0.481 e. The molecule has 0 spiro atoms. The third kappa shape index (κ3) is 14.1. The van der Waals surface area contributed by atoms with Crippen LogP contribution < -0.4 is 10.1 Å². The van der Waals surface area contributed by atoms with Gasteiger partial charge >= 0.3 is 11.9 Å². The molecule has 1 rings (SSSR count). The second kappa shape index (κ2) is 14.0. The number of amides is 1. The Morgan fingerprint density at radius 2 is 1.57 bits per heavy atom. The van der Waals surface area contributed by atoms with Crippen molar-refractivity contribution in [3.8, 4) is 5.75 Å². The van der Waals surface area contributed by atoms with Crippen LogP contribution in [0.15, 0.2) is 54.6 Å². The van der Waals surface area contributed by atoms with Gasteiger partial charge in [0.25, 0.3) is 0 Å². The number of carbonyl (C=O) groups is 3. The van der Waals surface area contributed by atoms with Crippen molar-refractivity contribution in [1.82, 2.24) is 5.32 Å². The smallest absolute Gasteiger partial charge is 0.305 e. The number of hydrogen-bond acceptors (Lipinski definition) is 5. The van der Waals surface area contributed by atoms with Crippen molar-refractivity contribution in [3.63, 3.8) is 0 Å². The van der Waals surface area contributed by atoms with E-state index in [4.69, 9.17) is 19.7 Å². The Hall–Kier alpha value is -3.13. The van der Waals surface area contributed by atoms with E-state index >= 15 is 0 Å². The van der Waals surface area contributed by atoms with Crippen LogP contribution in [0.25, 0.3) is 0 Å². The van der Waals surface area contributed by atoms with Gasteiger partial charge in [0.2, 0.25) is 5.91 Å². The van der Waals surface area contributed by atoms with E-state index < -0.39 is 36.7 Å². The summed E-state index contributed by atoms with van der Waals surface area (Å²) in [6.45, 7) is 11.3.